The smallest absolute Gasteiger partial charge is 0.253 e. The standard InChI is InChI=1S/C24H30N2O3/c1-7-9-20(8-2)29-18(6)21-11-10-19(13-16(21)4)23(27)25-14-22-15(3)12-17(5)26-24(22)28/h7,9-13,18H,1,8,14H2,2-6H3,(H,25,27)(H,26,28)/b20-9+. The zero-order chi connectivity index (χ0) is 21.6. The predicted octanol–water partition coefficient (Wildman–Crippen LogP) is 4.79. The van der Waals surface area contributed by atoms with Crippen LogP contribution in [-0.2, 0) is 11.3 Å². The zero-order valence-corrected chi connectivity index (χ0v) is 17.9. The fourth-order valence-corrected chi connectivity index (χ4v) is 3.31. The van der Waals surface area contributed by atoms with Gasteiger partial charge in [-0.05, 0) is 68.7 Å². The van der Waals surface area contributed by atoms with Crippen molar-refractivity contribution in [2.75, 3.05) is 0 Å². The number of rotatable bonds is 8. The van der Waals surface area contributed by atoms with Gasteiger partial charge in [0.15, 0.2) is 0 Å². The molecule has 29 heavy (non-hydrogen) atoms. The Morgan fingerprint density at radius 3 is 2.55 bits per heavy atom. The Labute approximate surface area is 172 Å². The highest BCUT2D eigenvalue weighted by Crippen LogP contribution is 2.25. The molecular formula is C24H30N2O3. The Kier molecular flexibility index (Phi) is 7.59. The minimum absolute atomic E-state index is 0.132. The summed E-state index contributed by atoms with van der Waals surface area (Å²) < 4.78 is 6.00. The summed E-state index contributed by atoms with van der Waals surface area (Å²) >= 11 is 0. The van der Waals surface area contributed by atoms with Crippen molar-refractivity contribution in [3.8, 4) is 0 Å². The number of hydrogen-bond acceptors (Lipinski definition) is 3. The van der Waals surface area contributed by atoms with Crippen molar-refractivity contribution in [3.63, 3.8) is 0 Å². The van der Waals surface area contributed by atoms with Gasteiger partial charge in [-0.2, -0.15) is 0 Å². The predicted molar refractivity (Wildman–Crippen MR) is 117 cm³/mol. The number of aromatic nitrogens is 1. The fourth-order valence-electron chi connectivity index (χ4n) is 3.31. The lowest BCUT2D eigenvalue weighted by Gasteiger charge is -2.19. The molecule has 1 aromatic carbocycles. The quantitative estimate of drug-likeness (QED) is 0.500. The van der Waals surface area contributed by atoms with Crippen LogP contribution in [0.1, 0.15) is 64.7 Å². The summed E-state index contributed by atoms with van der Waals surface area (Å²) in [6.45, 7) is 13.6. The van der Waals surface area contributed by atoms with Gasteiger partial charge in [-0.15, -0.1) is 0 Å². The molecule has 1 atom stereocenters. The average molecular weight is 395 g/mol. The first kappa shape index (κ1) is 22.2. The molecule has 0 aliphatic rings. The third-order valence-corrected chi connectivity index (χ3v) is 4.87. The minimum Gasteiger partial charge on any atom is -0.490 e. The molecule has 154 valence electrons. The maximum absolute atomic E-state index is 12.6. The van der Waals surface area contributed by atoms with Gasteiger partial charge >= 0.3 is 0 Å². The lowest BCUT2D eigenvalue weighted by Crippen LogP contribution is -2.28. The van der Waals surface area contributed by atoms with Gasteiger partial charge in [0.1, 0.15) is 6.10 Å². The molecule has 1 heterocycles. The van der Waals surface area contributed by atoms with Crippen LogP contribution in [-0.4, -0.2) is 10.9 Å². The number of pyridine rings is 1. The van der Waals surface area contributed by atoms with E-state index in [0.717, 1.165) is 34.6 Å². The van der Waals surface area contributed by atoms with Gasteiger partial charge in [0.05, 0.1) is 5.76 Å². The van der Waals surface area contributed by atoms with Gasteiger partial charge in [0.2, 0.25) is 0 Å². The van der Waals surface area contributed by atoms with Crippen LogP contribution in [0, 0.1) is 20.8 Å². The number of hydrogen-bond donors (Lipinski definition) is 2. The van der Waals surface area contributed by atoms with E-state index in [-0.39, 0.29) is 24.1 Å². The molecule has 1 aromatic heterocycles. The Balaban J connectivity index is 2.11. The molecule has 0 saturated heterocycles. The first-order valence-electron chi connectivity index (χ1n) is 9.83. The molecule has 5 heteroatoms. The van der Waals surface area contributed by atoms with Crippen LogP contribution < -0.4 is 10.9 Å². The molecule has 0 fully saturated rings. The van der Waals surface area contributed by atoms with E-state index >= 15 is 0 Å². The topological polar surface area (TPSA) is 71.2 Å². The van der Waals surface area contributed by atoms with Gasteiger partial charge in [-0.25, -0.2) is 0 Å². The number of benzene rings is 1. The molecule has 0 aliphatic carbocycles. The molecule has 1 amide bonds. The average Bonchev–Trinajstić information content (AvgIpc) is 2.66. The van der Waals surface area contributed by atoms with Crippen molar-refractivity contribution >= 4 is 5.91 Å². The largest absolute Gasteiger partial charge is 0.490 e. The summed E-state index contributed by atoms with van der Waals surface area (Å²) in [5.74, 6) is 0.654. The second-order valence-corrected chi connectivity index (χ2v) is 7.18. The molecule has 2 rings (SSSR count). The van der Waals surface area contributed by atoms with E-state index in [1.54, 1.807) is 12.1 Å². The minimum atomic E-state index is -0.214. The number of nitrogens with one attached hydrogen (secondary N) is 2. The molecule has 0 aliphatic heterocycles. The Morgan fingerprint density at radius 2 is 1.97 bits per heavy atom. The molecule has 0 saturated carbocycles. The number of H-pyrrole nitrogens is 1. The van der Waals surface area contributed by atoms with E-state index in [0.29, 0.717) is 11.1 Å². The summed E-state index contributed by atoms with van der Waals surface area (Å²) in [7, 11) is 0. The summed E-state index contributed by atoms with van der Waals surface area (Å²) in [4.78, 5) is 27.5. The van der Waals surface area contributed by atoms with Gasteiger partial charge in [0.25, 0.3) is 11.5 Å². The number of aryl methyl sites for hydroxylation is 3. The Hall–Kier alpha value is -3.08. The van der Waals surface area contributed by atoms with Crippen LogP contribution in [0.3, 0.4) is 0 Å². The Morgan fingerprint density at radius 1 is 1.24 bits per heavy atom. The second kappa shape index (κ2) is 9.92. The monoisotopic (exact) mass is 394 g/mol. The molecule has 2 N–H and O–H groups in total. The van der Waals surface area contributed by atoms with E-state index in [4.69, 9.17) is 4.74 Å². The van der Waals surface area contributed by atoms with E-state index in [9.17, 15) is 9.59 Å². The first-order valence-corrected chi connectivity index (χ1v) is 9.83. The zero-order valence-electron chi connectivity index (χ0n) is 17.9. The highest BCUT2D eigenvalue weighted by atomic mass is 16.5. The normalized spacial score (nSPS) is 12.4. The second-order valence-electron chi connectivity index (χ2n) is 7.18. The maximum atomic E-state index is 12.6. The summed E-state index contributed by atoms with van der Waals surface area (Å²) in [6.07, 6.45) is 4.23. The fraction of sp³-hybridized carbons (Fsp3) is 0.333. The van der Waals surface area contributed by atoms with Crippen LogP contribution >= 0.6 is 0 Å². The van der Waals surface area contributed by atoms with Crippen molar-refractivity contribution < 1.29 is 9.53 Å². The van der Waals surface area contributed by atoms with Gasteiger partial charge in [0, 0.05) is 29.8 Å². The van der Waals surface area contributed by atoms with Crippen molar-refractivity contribution in [2.24, 2.45) is 0 Å². The van der Waals surface area contributed by atoms with E-state index < -0.39 is 0 Å². The first-order chi connectivity index (χ1) is 13.8. The van der Waals surface area contributed by atoms with Gasteiger partial charge < -0.3 is 15.0 Å². The van der Waals surface area contributed by atoms with E-state index in [2.05, 4.69) is 16.9 Å². The maximum Gasteiger partial charge on any atom is 0.253 e. The van der Waals surface area contributed by atoms with Crippen LogP contribution in [0.2, 0.25) is 0 Å². The number of carbonyl (C=O) groups is 1. The molecule has 0 radical (unpaired) electrons. The number of aromatic amines is 1. The highest BCUT2D eigenvalue weighted by Gasteiger charge is 2.14. The van der Waals surface area contributed by atoms with Gasteiger partial charge in [-0.1, -0.05) is 25.6 Å². The lowest BCUT2D eigenvalue weighted by atomic mass is 10.0. The van der Waals surface area contributed by atoms with E-state index in [1.165, 1.54) is 0 Å². The molecule has 1 unspecified atom stereocenters. The van der Waals surface area contributed by atoms with Crippen LogP contribution in [0.25, 0.3) is 0 Å². The lowest BCUT2D eigenvalue weighted by molar-refractivity contribution is 0.0950. The van der Waals surface area contributed by atoms with Crippen LogP contribution in [0.15, 0.2) is 53.6 Å². The summed E-state index contributed by atoms with van der Waals surface area (Å²) in [5, 5.41) is 2.84. The molecular weight excluding hydrogens is 364 g/mol. The highest BCUT2D eigenvalue weighted by molar-refractivity contribution is 5.94. The number of ether oxygens (including phenoxy) is 1. The summed E-state index contributed by atoms with van der Waals surface area (Å²) in [6, 6.07) is 7.45. The molecule has 5 nitrogen and oxygen atoms in total. The SMILES string of the molecule is C=C/C=C(\CC)OC(C)c1ccc(C(=O)NCc2c(C)cc(C)[nH]c2=O)cc1C. The number of amides is 1. The third-order valence-electron chi connectivity index (χ3n) is 4.87. The van der Waals surface area contributed by atoms with Crippen molar-refractivity contribution in [1.29, 1.82) is 0 Å². The molecule has 0 bridgehead atoms. The van der Waals surface area contributed by atoms with Gasteiger partial charge in [-0.3, -0.25) is 9.59 Å². The summed E-state index contributed by atoms with van der Waals surface area (Å²) in [5.41, 5.74) is 4.62. The van der Waals surface area contributed by atoms with Crippen molar-refractivity contribution in [1.82, 2.24) is 10.3 Å². The third kappa shape index (κ3) is 5.70. The van der Waals surface area contributed by atoms with Crippen molar-refractivity contribution in [2.45, 2.75) is 53.7 Å². The number of carbonyl (C=O) groups excluding carboxylic acids is 1. The van der Waals surface area contributed by atoms with E-state index in [1.807, 2.05) is 58.9 Å². The molecule has 2 aromatic rings. The molecule has 0 spiro atoms. The van der Waals surface area contributed by atoms with Crippen molar-refractivity contribution in [3.05, 3.63) is 92.6 Å². The van der Waals surface area contributed by atoms with Crippen LogP contribution in [0.4, 0.5) is 0 Å². The number of allylic oxidation sites excluding steroid dienone is 3. The van der Waals surface area contributed by atoms with Crippen LogP contribution in [0.5, 0.6) is 0 Å². The Bertz CT molecular complexity index is 986.